The Morgan fingerprint density at radius 3 is 2.79 bits per heavy atom. The van der Waals surface area contributed by atoms with E-state index in [0.29, 0.717) is 0 Å². The smallest absolute Gasteiger partial charge is 0.392 e. The van der Waals surface area contributed by atoms with Crippen LogP contribution in [0.1, 0.15) is 12.5 Å². The minimum atomic E-state index is -4.89. The Morgan fingerprint density at radius 1 is 1.63 bits per heavy atom. The van der Waals surface area contributed by atoms with E-state index >= 15 is 0 Å². The van der Waals surface area contributed by atoms with E-state index in [0.717, 1.165) is 12.3 Å². The predicted octanol–water partition coefficient (Wildman–Crippen LogP) is 1.43. The van der Waals surface area contributed by atoms with Gasteiger partial charge in [0.15, 0.2) is 0 Å². The summed E-state index contributed by atoms with van der Waals surface area (Å²) in [6, 6.07) is -1.14. The summed E-state index contributed by atoms with van der Waals surface area (Å²) in [6.45, 7) is 0.653. The van der Waals surface area contributed by atoms with Crippen molar-refractivity contribution in [3.8, 4) is 0 Å². The number of hydrogen-bond acceptors (Lipinski definition) is 4. The number of nitrogens with zero attached hydrogens (tertiary/aromatic N) is 1. The van der Waals surface area contributed by atoms with Crippen LogP contribution >= 0.6 is 0 Å². The largest absolute Gasteiger partial charge is 0.423 e. The van der Waals surface area contributed by atoms with E-state index in [1.54, 1.807) is 5.10 Å². The van der Waals surface area contributed by atoms with Gasteiger partial charge in [0.1, 0.15) is 11.4 Å². The van der Waals surface area contributed by atoms with Crippen molar-refractivity contribution in [2.24, 2.45) is 0 Å². The standard InChI is InChI=1S/C10H11F4N3O2/c1-5(6(11)2-3-18)16-7-4-15-17-9(19)8(7)10(12,13)14/h2,4-5,18H,3H2,1H3,(H2,16,17,19). The summed E-state index contributed by atoms with van der Waals surface area (Å²) >= 11 is 0. The van der Waals surface area contributed by atoms with Crippen LogP contribution in [0.25, 0.3) is 0 Å². The Hall–Kier alpha value is -1.90. The molecule has 106 valence electrons. The van der Waals surface area contributed by atoms with Crippen LogP contribution in [0.3, 0.4) is 0 Å². The quantitative estimate of drug-likeness (QED) is 0.730. The van der Waals surface area contributed by atoms with E-state index in [-0.39, 0.29) is 0 Å². The van der Waals surface area contributed by atoms with Crippen molar-refractivity contribution in [1.82, 2.24) is 10.2 Å². The molecule has 1 heterocycles. The first-order valence-electron chi connectivity index (χ1n) is 5.15. The molecule has 3 N–H and O–H groups in total. The molecular weight excluding hydrogens is 270 g/mol. The lowest BCUT2D eigenvalue weighted by Crippen LogP contribution is -2.27. The van der Waals surface area contributed by atoms with Crippen molar-refractivity contribution in [2.75, 3.05) is 11.9 Å². The highest BCUT2D eigenvalue weighted by Crippen LogP contribution is 2.31. The fraction of sp³-hybridized carbons (Fsp3) is 0.400. The summed E-state index contributed by atoms with van der Waals surface area (Å²) in [5, 5.41) is 15.6. The molecule has 9 heteroatoms. The van der Waals surface area contributed by atoms with Gasteiger partial charge in [-0.2, -0.15) is 18.3 Å². The number of aliphatic hydroxyl groups is 1. The first-order chi connectivity index (χ1) is 8.77. The molecule has 1 aromatic rings. The van der Waals surface area contributed by atoms with E-state index in [4.69, 9.17) is 5.11 Å². The van der Waals surface area contributed by atoms with Gasteiger partial charge in [0.2, 0.25) is 0 Å². The molecule has 1 aromatic heterocycles. The molecule has 0 aromatic carbocycles. The number of alkyl halides is 3. The van der Waals surface area contributed by atoms with E-state index in [1.165, 1.54) is 6.92 Å². The molecule has 0 spiro atoms. The van der Waals surface area contributed by atoms with Gasteiger partial charge in [-0.25, -0.2) is 9.49 Å². The van der Waals surface area contributed by atoms with Gasteiger partial charge in [-0.3, -0.25) is 4.79 Å². The highest BCUT2D eigenvalue weighted by molar-refractivity contribution is 5.51. The summed E-state index contributed by atoms with van der Waals surface area (Å²) < 4.78 is 51.3. The molecule has 5 nitrogen and oxygen atoms in total. The Labute approximate surface area is 105 Å². The maximum Gasteiger partial charge on any atom is 0.423 e. The molecule has 0 aliphatic carbocycles. The Balaban J connectivity index is 3.13. The molecule has 0 amide bonds. The second-order valence-electron chi connectivity index (χ2n) is 3.62. The van der Waals surface area contributed by atoms with Gasteiger partial charge in [0.05, 0.1) is 24.5 Å². The van der Waals surface area contributed by atoms with Crippen molar-refractivity contribution in [2.45, 2.75) is 19.1 Å². The number of halogens is 4. The van der Waals surface area contributed by atoms with Crippen molar-refractivity contribution in [3.63, 3.8) is 0 Å². The van der Waals surface area contributed by atoms with Gasteiger partial charge in [0, 0.05) is 0 Å². The zero-order valence-electron chi connectivity index (χ0n) is 9.75. The Kier molecular flexibility index (Phi) is 4.65. The molecule has 0 saturated carbocycles. The van der Waals surface area contributed by atoms with Gasteiger partial charge < -0.3 is 10.4 Å². The van der Waals surface area contributed by atoms with Crippen molar-refractivity contribution in [1.29, 1.82) is 0 Å². The summed E-state index contributed by atoms with van der Waals surface area (Å²) in [4.78, 5) is 11.1. The minimum Gasteiger partial charge on any atom is -0.392 e. The first kappa shape index (κ1) is 15.2. The molecule has 0 bridgehead atoms. The third kappa shape index (κ3) is 3.78. The van der Waals surface area contributed by atoms with E-state index in [2.05, 4.69) is 10.4 Å². The zero-order chi connectivity index (χ0) is 14.6. The molecule has 0 fully saturated rings. The molecule has 0 aliphatic heterocycles. The molecular formula is C10H11F4N3O2. The van der Waals surface area contributed by atoms with Crippen LogP contribution in [0.5, 0.6) is 0 Å². The van der Waals surface area contributed by atoms with Crippen LogP contribution in [0, 0.1) is 0 Å². The number of aliphatic hydroxyl groups excluding tert-OH is 1. The van der Waals surface area contributed by atoms with Gasteiger partial charge >= 0.3 is 6.18 Å². The van der Waals surface area contributed by atoms with Crippen LogP contribution in [0.15, 0.2) is 22.9 Å². The van der Waals surface area contributed by atoms with Crippen LogP contribution in [0.2, 0.25) is 0 Å². The predicted molar refractivity (Wildman–Crippen MR) is 59.2 cm³/mol. The number of anilines is 1. The molecule has 0 saturated heterocycles. The van der Waals surface area contributed by atoms with Gasteiger partial charge in [-0.05, 0) is 13.0 Å². The van der Waals surface area contributed by atoms with Crippen LogP contribution in [-0.2, 0) is 6.18 Å². The lowest BCUT2D eigenvalue weighted by molar-refractivity contribution is -0.138. The number of hydrogen-bond donors (Lipinski definition) is 3. The normalized spacial score (nSPS) is 14.3. The summed E-state index contributed by atoms with van der Waals surface area (Å²) in [5.74, 6) is -0.851. The van der Waals surface area contributed by atoms with Crippen molar-refractivity contribution in [3.05, 3.63) is 34.0 Å². The summed E-state index contributed by atoms with van der Waals surface area (Å²) in [7, 11) is 0. The maximum absolute atomic E-state index is 13.3. The third-order valence-electron chi connectivity index (χ3n) is 2.21. The van der Waals surface area contributed by atoms with Gasteiger partial charge in [-0.15, -0.1) is 0 Å². The number of aromatic nitrogens is 2. The van der Waals surface area contributed by atoms with Crippen molar-refractivity contribution < 1.29 is 22.7 Å². The van der Waals surface area contributed by atoms with Crippen molar-refractivity contribution >= 4 is 5.69 Å². The van der Waals surface area contributed by atoms with Crippen LogP contribution in [-0.4, -0.2) is 28.0 Å². The number of H-pyrrole nitrogens is 1. The molecule has 1 atom stereocenters. The minimum absolute atomic E-state index is 0.586. The average molecular weight is 281 g/mol. The van der Waals surface area contributed by atoms with E-state index in [9.17, 15) is 22.4 Å². The fourth-order valence-electron chi connectivity index (χ4n) is 1.36. The summed E-state index contributed by atoms with van der Waals surface area (Å²) in [6.07, 6.45) is -3.35. The number of aromatic amines is 1. The monoisotopic (exact) mass is 281 g/mol. The average Bonchev–Trinajstić information content (AvgIpc) is 2.27. The number of nitrogens with one attached hydrogen (secondary N) is 2. The van der Waals surface area contributed by atoms with Crippen LogP contribution < -0.4 is 10.9 Å². The second kappa shape index (κ2) is 5.83. The highest BCUT2D eigenvalue weighted by atomic mass is 19.4. The Morgan fingerprint density at radius 2 is 2.26 bits per heavy atom. The van der Waals surface area contributed by atoms with Gasteiger partial charge in [-0.1, -0.05) is 0 Å². The molecule has 0 radical (unpaired) electrons. The Bertz CT molecular complexity index is 524. The third-order valence-corrected chi connectivity index (χ3v) is 2.21. The highest BCUT2D eigenvalue weighted by Gasteiger charge is 2.37. The second-order valence-corrected chi connectivity index (χ2v) is 3.62. The molecule has 0 aliphatic rings. The maximum atomic E-state index is 13.3. The summed E-state index contributed by atoms with van der Waals surface area (Å²) in [5.41, 5.74) is -3.53. The van der Waals surface area contributed by atoms with Crippen LogP contribution in [0.4, 0.5) is 23.2 Å². The van der Waals surface area contributed by atoms with E-state index in [1.807, 2.05) is 0 Å². The zero-order valence-corrected chi connectivity index (χ0v) is 9.75. The number of rotatable bonds is 4. The lowest BCUT2D eigenvalue weighted by atomic mass is 10.2. The lowest BCUT2D eigenvalue weighted by Gasteiger charge is -2.16. The SMILES string of the molecule is CC(Nc1cn[nH]c(=O)c1C(F)(F)F)C(F)=CCO. The fourth-order valence-corrected chi connectivity index (χ4v) is 1.36. The topological polar surface area (TPSA) is 78.0 Å². The van der Waals surface area contributed by atoms with Gasteiger partial charge in [0.25, 0.3) is 5.56 Å². The molecule has 1 unspecified atom stereocenters. The molecule has 1 rings (SSSR count). The molecule has 19 heavy (non-hydrogen) atoms. The van der Waals surface area contributed by atoms with E-state index < -0.39 is 41.5 Å². The first-order valence-corrected chi connectivity index (χ1v) is 5.15.